The Labute approximate surface area is 245 Å². The summed E-state index contributed by atoms with van der Waals surface area (Å²) in [6, 6.07) is 31.0. The molecule has 2 heterocycles. The molecule has 0 nitrogen and oxygen atoms in total. The molecule has 0 bridgehead atoms. The Morgan fingerprint density at radius 1 is 0.611 bits per heavy atom. The minimum atomic E-state index is -0.188. The molecule has 2 aromatic heterocycles. The summed E-state index contributed by atoms with van der Waals surface area (Å²) in [5, 5.41) is 8.58. The zero-order valence-electron chi connectivity index (χ0n) is 21.0. The number of rotatable bonds is 2. The van der Waals surface area contributed by atoms with Gasteiger partial charge in [0.25, 0.3) is 0 Å². The summed E-state index contributed by atoms with van der Waals surface area (Å²) in [6.45, 7) is 8.95. The van der Waals surface area contributed by atoms with Crippen molar-refractivity contribution in [1.82, 2.24) is 0 Å². The first kappa shape index (κ1) is 31.1. The fourth-order valence-electron chi connectivity index (χ4n) is 4.18. The Morgan fingerprint density at radius 2 is 0.944 bits per heavy atom. The Hall–Kier alpha value is -1.10. The predicted molar refractivity (Wildman–Crippen MR) is 154 cm³/mol. The van der Waals surface area contributed by atoms with Crippen molar-refractivity contribution in [3.8, 4) is 10.6 Å². The maximum Gasteiger partial charge on any atom is -0.0388 e. The molecule has 0 unspecified atom stereocenters. The first-order valence-corrected chi connectivity index (χ1v) is 20.7. The van der Waals surface area contributed by atoms with Crippen LogP contribution >= 0.6 is 15.1 Å². The van der Waals surface area contributed by atoms with Crippen LogP contribution < -0.4 is 24.8 Å². The smallest absolute Gasteiger partial charge is 0.0388 e. The van der Waals surface area contributed by atoms with E-state index in [1.165, 1.54) is 43.3 Å². The number of benzene rings is 2. The molecular formula is C30H30Cl2P2SiZr-2. The average molecular weight is 643 g/mol. The fourth-order valence-corrected chi connectivity index (χ4v) is 7.62. The van der Waals surface area contributed by atoms with Crippen LogP contribution in [-0.4, -0.2) is 5.43 Å². The maximum absolute atomic E-state index is 2.31. The van der Waals surface area contributed by atoms with E-state index in [-0.39, 0.29) is 45.3 Å². The van der Waals surface area contributed by atoms with Crippen LogP contribution in [0.4, 0.5) is 0 Å². The third-order valence-electron chi connectivity index (χ3n) is 5.51. The summed E-state index contributed by atoms with van der Waals surface area (Å²) >= 11 is 1.74. The summed E-state index contributed by atoms with van der Waals surface area (Å²) < 4.78 is 0. The third kappa shape index (κ3) is 7.95. The van der Waals surface area contributed by atoms with E-state index in [1.807, 2.05) is 0 Å². The molecule has 6 heteroatoms. The minimum Gasteiger partial charge on any atom is -1.00 e. The Morgan fingerprint density at radius 3 is 1.28 bits per heavy atom. The fraction of sp³-hybridized carbons (Fsp3) is 0.133. The minimum absolute atomic E-state index is 0. The third-order valence-corrected chi connectivity index (χ3v) is 9.38. The van der Waals surface area contributed by atoms with E-state index in [0.29, 0.717) is 0 Å². The van der Waals surface area contributed by atoms with E-state index in [4.69, 9.17) is 0 Å². The van der Waals surface area contributed by atoms with Crippen LogP contribution in [0.25, 0.3) is 32.2 Å². The monoisotopic (exact) mass is 640 g/mol. The Balaban J connectivity index is 0.000000211. The first-order chi connectivity index (χ1) is 16.4. The van der Waals surface area contributed by atoms with Crippen molar-refractivity contribution in [3.05, 3.63) is 119 Å². The van der Waals surface area contributed by atoms with E-state index < -0.39 is 0 Å². The van der Waals surface area contributed by atoms with Crippen LogP contribution in [0, 0.1) is 13.8 Å². The first-order valence-electron chi connectivity index (χ1n) is 11.5. The molecule has 0 fully saturated rings. The zero-order chi connectivity index (χ0) is 24.1. The molecule has 0 aliphatic heterocycles. The Kier molecular flexibility index (Phi) is 12.7. The molecule has 0 N–H and O–H groups in total. The molecule has 6 rings (SSSR count). The van der Waals surface area contributed by atoms with Crippen molar-refractivity contribution in [3.63, 3.8) is 0 Å². The molecule has 0 spiro atoms. The second-order valence-corrected chi connectivity index (χ2v) is 22.0. The van der Waals surface area contributed by atoms with Crippen molar-refractivity contribution >= 4 is 42.0 Å². The molecule has 184 valence electrons. The van der Waals surface area contributed by atoms with E-state index in [0.717, 1.165) is 0 Å². The van der Waals surface area contributed by atoms with Gasteiger partial charge in [-0.1, -0.05) is 50.2 Å². The van der Waals surface area contributed by atoms with Gasteiger partial charge in [-0.3, -0.25) is 0 Å². The molecule has 6 aromatic rings. The van der Waals surface area contributed by atoms with E-state index in [2.05, 4.69) is 135 Å². The van der Waals surface area contributed by atoms with Gasteiger partial charge in [-0.05, 0) is 33.8 Å². The van der Waals surface area contributed by atoms with Crippen molar-refractivity contribution in [1.29, 1.82) is 0 Å². The standard InChI is InChI=1S/2C14H12P.C2H6Si.2ClH.Zr/c2*1-11-9-12-5-4-6-14(13(12)10-11)15-7-2-3-8-15;1-3-2;;;/h2*2-10H,1H3;1-2H3;2*1H;/q2*-1;;;;+2/p-2. The van der Waals surface area contributed by atoms with E-state index in [9.17, 15) is 0 Å². The summed E-state index contributed by atoms with van der Waals surface area (Å²) in [5.74, 6) is 9.25. The molecule has 0 saturated carbocycles. The molecule has 0 amide bonds. The summed E-state index contributed by atoms with van der Waals surface area (Å²) in [4.78, 5) is 0. The molecule has 0 saturated heterocycles. The molecule has 36 heavy (non-hydrogen) atoms. The predicted octanol–water partition coefficient (Wildman–Crippen LogP) is 4.48. The molecule has 0 atom stereocenters. The van der Waals surface area contributed by atoms with Gasteiger partial charge in [-0.25, -0.2) is 0 Å². The van der Waals surface area contributed by atoms with Crippen LogP contribution in [0.2, 0.25) is 13.1 Å². The van der Waals surface area contributed by atoms with Crippen LogP contribution in [0.3, 0.4) is 0 Å². The van der Waals surface area contributed by atoms with Gasteiger partial charge in [0.15, 0.2) is 0 Å². The largest absolute Gasteiger partial charge is 1.00 e. The van der Waals surface area contributed by atoms with Gasteiger partial charge in [0, 0.05) is 0 Å². The molecule has 0 aliphatic carbocycles. The maximum atomic E-state index is 2.31. The van der Waals surface area contributed by atoms with Gasteiger partial charge in [0.05, 0.1) is 0 Å². The molecule has 0 radical (unpaired) electrons. The number of aryl methyl sites for hydroxylation is 2. The van der Waals surface area contributed by atoms with Crippen molar-refractivity contribution < 1.29 is 48.1 Å². The van der Waals surface area contributed by atoms with Crippen LogP contribution in [0.1, 0.15) is 11.1 Å². The van der Waals surface area contributed by atoms with Crippen LogP contribution in [0.15, 0.2) is 108 Å². The molecule has 4 aromatic carbocycles. The van der Waals surface area contributed by atoms with Crippen molar-refractivity contribution in [2.45, 2.75) is 26.9 Å². The number of hydrogen-bond donors (Lipinski definition) is 0. The average Bonchev–Trinajstić information content (AvgIpc) is 3.58. The topological polar surface area (TPSA) is 0 Å². The van der Waals surface area contributed by atoms with Crippen molar-refractivity contribution in [2.75, 3.05) is 0 Å². The number of fused-ring (bicyclic) bond motifs is 2. The number of hydrogen-bond acceptors (Lipinski definition) is 0. The SMILES string of the molecule is C[Si](C)=[Zr+2].Cc1cc2c(-p3cccc3)cccc2[cH-]1.Cc1cc2c(-p3cccc3)cccc2[cH-]1.[Cl-].[Cl-]. The van der Waals surface area contributed by atoms with Crippen LogP contribution in [0.5, 0.6) is 0 Å². The van der Waals surface area contributed by atoms with Gasteiger partial charge >= 0.3 is 41.9 Å². The van der Waals surface area contributed by atoms with Crippen molar-refractivity contribution in [2.24, 2.45) is 0 Å². The quantitative estimate of drug-likeness (QED) is 0.193. The van der Waals surface area contributed by atoms with Gasteiger partial charge in [0.1, 0.15) is 0 Å². The molecular weight excluding hydrogens is 612 g/mol. The van der Waals surface area contributed by atoms with Gasteiger partial charge in [-0.15, -0.1) is 84.1 Å². The summed E-state index contributed by atoms with van der Waals surface area (Å²) in [6.07, 6.45) is 0. The Bertz CT molecular complexity index is 1400. The number of halogens is 2. The summed E-state index contributed by atoms with van der Waals surface area (Å²) in [5.41, 5.74) is 2.93. The molecule has 0 aliphatic rings. The second-order valence-electron chi connectivity index (χ2n) is 8.81. The second kappa shape index (κ2) is 14.7. The summed E-state index contributed by atoms with van der Waals surface area (Å²) in [7, 11) is -0.376. The van der Waals surface area contributed by atoms with Gasteiger partial charge in [0.2, 0.25) is 0 Å². The zero-order valence-corrected chi connectivity index (χ0v) is 27.8. The van der Waals surface area contributed by atoms with E-state index in [1.54, 1.807) is 23.3 Å². The normalized spacial score (nSPS) is 9.94. The van der Waals surface area contributed by atoms with Gasteiger partial charge < -0.3 is 24.8 Å². The van der Waals surface area contributed by atoms with Crippen LogP contribution in [-0.2, 0) is 23.3 Å². The van der Waals surface area contributed by atoms with E-state index >= 15 is 0 Å². The van der Waals surface area contributed by atoms with Gasteiger partial charge in [-0.2, -0.15) is 12.1 Å².